The smallest absolute Gasteiger partial charge is 0.293 e. The number of aromatic nitrogens is 4. The maximum atomic E-state index is 13.0. The highest BCUT2D eigenvalue weighted by Gasteiger charge is 2.31. The van der Waals surface area contributed by atoms with Crippen LogP contribution >= 0.6 is 11.3 Å². The lowest BCUT2D eigenvalue weighted by atomic mass is 9.94. The van der Waals surface area contributed by atoms with Crippen molar-refractivity contribution in [2.75, 3.05) is 13.1 Å². The fourth-order valence-corrected chi connectivity index (χ4v) is 4.72. The Kier molecular flexibility index (Phi) is 5.06. The molecule has 1 aliphatic heterocycles. The number of carbonyl (C=O) groups is 1. The van der Waals surface area contributed by atoms with E-state index in [9.17, 15) is 15.0 Å². The van der Waals surface area contributed by atoms with Gasteiger partial charge in [-0.25, -0.2) is 14.5 Å². The van der Waals surface area contributed by atoms with Gasteiger partial charge in [-0.05, 0) is 33.3 Å². The number of amides is 1. The van der Waals surface area contributed by atoms with E-state index < -0.39 is 18.1 Å². The first-order valence-electron chi connectivity index (χ1n) is 9.59. The summed E-state index contributed by atoms with van der Waals surface area (Å²) in [6.07, 6.45) is 0.836. The molecule has 156 valence electrons. The summed E-state index contributed by atoms with van der Waals surface area (Å²) in [6.45, 7) is 8.00. The average molecular weight is 420 g/mol. The predicted octanol–water partition coefficient (Wildman–Crippen LogP) is 1.39. The molecule has 9 nitrogen and oxygen atoms in total. The molecule has 4 heterocycles. The lowest BCUT2D eigenvalue weighted by Crippen LogP contribution is -2.41. The second-order valence-corrected chi connectivity index (χ2v) is 9.35. The number of fused-ring (bicyclic) bond motifs is 5. The normalized spacial score (nSPS) is 18.0. The van der Waals surface area contributed by atoms with Gasteiger partial charge in [0.1, 0.15) is 11.2 Å². The van der Waals surface area contributed by atoms with Crippen molar-refractivity contribution >= 4 is 33.1 Å². The largest absolute Gasteiger partial charge is 0.392 e. The monoisotopic (exact) mass is 419 g/mol. The number of aliphatic hydroxyl groups excluding tert-OH is 2. The minimum Gasteiger partial charge on any atom is -0.392 e. The quantitative estimate of drug-likeness (QED) is 0.642. The van der Waals surface area contributed by atoms with Gasteiger partial charge in [0.15, 0.2) is 5.65 Å². The Morgan fingerprint density at radius 2 is 2.03 bits per heavy atom. The van der Waals surface area contributed by atoms with E-state index in [2.05, 4.69) is 28.9 Å². The molecule has 0 fully saturated rings. The molecule has 0 aliphatic carbocycles. The van der Waals surface area contributed by atoms with E-state index in [1.807, 2.05) is 0 Å². The Hall–Kier alpha value is -2.14. The summed E-state index contributed by atoms with van der Waals surface area (Å²) >= 11 is 1.58. The van der Waals surface area contributed by atoms with E-state index in [0.717, 1.165) is 27.1 Å². The first-order valence-corrected chi connectivity index (χ1v) is 10.4. The number of nitrogens with zero attached hydrogens (tertiary/aromatic N) is 5. The average Bonchev–Trinajstić information content (AvgIpc) is 3.19. The van der Waals surface area contributed by atoms with Gasteiger partial charge < -0.3 is 19.8 Å². The molecule has 2 atom stereocenters. The summed E-state index contributed by atoms with van der Waals surface area (Å²) < 4.78 is 7.44. The fraction of sp³-hybridized carbons (Fsp3) is 0.579. The molecular weight excluding hydrogens is 394 g/mol. The molecule has 4 rings (SSSR count). The number of thiophene rings is 1. The van der Waals surface area contributed by atoms with Crippen molar-refractivity contribution in [3.63, 3.8) is 0 Å². The van der Waals surface area contributed by atoms with Crippen LogP contribution in [0.4, 0.5) is 0 Å². The van der Waals surface area contributed by atoms with Gasteiger partial charge in [0.2, 0.25) is 5.82 Å². The van der Waals surface area contributed by atoms with Gasteiger partial charge in [0.05, 0.1) is 29.8 Å². The summed E-state index contributed by atoms with van der Waals surface area (Å²) in [5.74, 6) is -0.414. The molecule has 10 heteroatoms. The van der Waals surface area contributed by atoms with Crippen molar-refractivity contribution in [2.24, 2.45) is 0 Å². The molecule has 0 spiro atoms. The zero-order valence-electron chi connectivity index (χ0n) is 16.9. The Labute approximate surface area is 171 Å². The Balaban J connectivity index is 1.78. The summed E-state index contributed by atoms with van der Waals surface area (Å²) in [6, 6.07) is 0. The maximum absolute atomic E-state index is 13.0. The molecule has 0 aromatic carbocycles. The van der Waals surface area contributed by atoms with Crippen molar-refractivity contribution in [2.45, 2.75) is 58.5 Å². The number of carbonyl (C=O) groups excluding carboxylic acids is 1. The van der Waals surface area contributed by atoms with Crippen LogP contribution in [0.1, 0.15) is 48.8 Å². The topological polar surface area (TPSA) is 113 Å². The van der Waals surface area contributed by atoms with Crippen molar-refractivity contribution in [1.29, 1.82) is 0 Å². The summed E-state index contributed by atoms with van der Waals surface area (Å²) in [5, 5.41) is 24.7. The van der Waals surface area contributed by atoms with Crippen molar-refractivity contribution in [3.05, 3.63) is 22.6 Å². The van der Waals surface area contributed by atoms with Crippen molar-refractivity contribution in [1.82, 2.24) is 24.5 Å². The Bertz CT molecular complexity index is 1060. The van der Waals surface area contributed by atoms with Gasteiger partial charge in [0, 0.05) is 24.4 Å². The van der Waals surface area contributed by atoms with Crippen LogP contribution in [0.25, 0.3) is 15.9 Å². The standard InChI is InChI=1S/C19H25N5O4S/c1-10(25)6-23(7-11(2)26)18(27)15-21-16-14-12-5-19(3,4)28-8-13(12)29-17(14)20-9-24(16)22-15/h9-11,25-26H,5-8H2,1-4H3. The number of aliphatic hydroxyl groups is 2. The lowest BCUT2D eigenvalue weighted by Gasteiger charge is -2.30. The van der Waals surface area contributed by atoms with Crippen LogP contribution in [0.2, 0.25) is 0 Å². The third-order valence-electron chi connectivity index (χ3n) is 4.86. The van der Waals surface area contributed by atoms with E-state index in [1.54, 1.807) is 31.5 Å². The van der Waals surface area contributed by atoms with Crippen LogP contribution in [0.15, 0.2) is 6.33 Å². The highest BCUT2D eigenvalue weighted by atomic mass is 32.1. The molecule has 3 aromatic heterocycles. The first-order chi connectivity index (χ1) is 13.6. The highest BCUT2D eigenvalue weighted by Crippen LogP contribution is 2.39. The Morgan fingerprint density at radius 1 is 1.34 bits per heavy atom. The minimum absolute atomic E-state index is 0.0202. The van der Waals surface area contributed by atoms with Crippen LogP contribution < -0.4 is 0 Å². The highest BCUT2D eigenvalue weighted by molar-refractivity contribution is 7.19. The predicted molar refractivity (Wildman–Crippen MR) is 108 cm³/mol. The molecule has 2 N–H and O–H groups in total. The molecule has 1 aliphatic rings. The van der Waals surface area contributed by atoms with Gasteiger partial charge in [-0.3, -0.25) is 4.79 Å². The van der Waals surface area contributed by atoms with Crippen LogP contribution in [0, 0.1) is 0 Å². The van der Waals surface area contributed by atoms with Gasteiger partial charge in [0.25, 0.3) is 5.91 Å². The maximum Gasteiger partial charge on any atom is 0.293 e. The number of hydrogen-bond donors (Lipinski definition) is 2. The molecule has 29 heavy (non-hydrogen) atoms. The number of hydrogen-bond acceptors (Lipinski definition) is 8. The van der Waals surface area contributed by atoms with Crippen LogP contribution in [0.3, 0.4) is 0 Å². The molecule has 0 radical (unpaired) electrons. The SMILES string of the molecule is CC(O)CN(CC(C)O)C(=O)c1nc2c3c4c(sc3ncn2n1)COC(C)(C)C4. The fourth-order valence-electron chi connectivity index (χ4n) is 3.65. The van der Waals surface area contributed by atoms with Gasteiger partial charge in [-0.1, -0.05) is 0 Å². The summed E-state index contributed by atoms with van der Waals surface area (Å²) in [5.41, 5.74) is 1.45. The third kappa shape index (κ3) is 3.85. The van der Waals surface area contributed by atoms with Crippen LogP contribution in [-0.4, -0.2) is 71.5 Å². The minimum atomic E-state index is -0.728. The molecule has 0 saturated carbocycles. The van der Waals surface area contributed by atoms with E-state index in [0.29, 0.717) is 12.3 Å². The zero-order valence-corrected chi connectivity index (χ0v) is 17.7. The van der Waals surface area contributed by atoms with E-state index >= 15 is 0 Å². The first kappa shape index (κ1) is 20.1. The molecule has 1 amide bonds. The molecule has 0 saturated heterocycles. The second kappa shape index (κ2) is 7.28. The molecule has 3 aromatic rings. The van der Waals surface area contributed by atoms with Crippen molar-refractivity contribution < 1.29 is 19.7 Å². The number of ether oxygens (including phenoxy) is 1. The van der Waals surface area contributed by atoms with Gasteiger partial charge in [-0.15, -0.1) is 16.4 Å². The van der Waals surface area contributed by atoms with Gasteiger partial charge >= 0.3 is 0 Å². The van der Waals surface area contributed by atoms with Gasteiger partial charge in [-0.2, -0.15) is 0 Å². The summed E-state index contributed by atoms with van der Waals surface area (Å²) in [4.78, 5) is 25.3. The summed E-state index contributed by atoms with van der Waals surface area (Å²) in [7, 11) is 0. The van der Waals surface area contributed by atoms with Crippen LogP contribution in [-0.2, 0) is 17.8 Å². The number of rotatable bonds is 5. The van der Waals surface area contributed by atoms with E-state index in [-0.39, 0.29) is 24.5 Å². The molecule has 2 unspecified atom stereocenters. The Morgan fingerprint density at radius 3 is 2.69 bits per heavy atom. The van der Waals surface area contributed by atoms with Crippen LogP contribution in [0.5, 0.6) is 0 Å². The van der Waals surface area contributed by atoms with E-state index in [4.69, 9.17) is 4.74 Å². The molecular formula is C19H25N5O4S. The zero-order chi connectivity index (χ0) is 20.9. The lowest BCUT2D eigenvalue weighted by molar-refractivity contribution is -0.0379. The van der Waals surface area contributed by atoms with Crippen molar-refractivity contribution in [3.8, 4) is 0 Å². The molecule has 0 bridgehead atoms. The third-order valence-corrected chi connectivity index (χ3v) is 5.97. The second-order valence-electron chi connectivity index (χ2n) is 8.27. The van der Waals surface area contributed by atoms with E-state index in [1.165, 1.54) is 9.42 Å².